The maximum absolute atomic E-state index is 12.3. The molecular weight excluding hydrogens is 276 g/mol. The third-order valence-electron chi connectivity index (χ3n) is 3.66. The standard InChI is InChI=1S/C15H21ClN2O2/c1-4-17(5-2)8-9-18-13-10-12(16)6-7-14(13)20-11(3)15(18)19/h6-7,10-11H,4-5,8-9H2,1-3H3. The minimum absolute atomic E-state index is 0.00748. The van der Waals surface area contributed by atoms with E-state index in [1.54, 1.807) is 24.0 Å². The topological polar surface area (TPSA) is 32.8 Å². The van der Waals surface area contributed by atoms with Crippen LogP contribution in [0.3, 0.4) is 0 Å². The molecule has 1 amide bonds. The third kappa shape index (κ3) is 3.07. The normalized spacial score (nSPS) is 18.1. The Morgan fingerprint density at radius 3 is 2.70 bits per heavy atom. The van der Waals surface area contributed by atoms with E-state index < -0.39 is 6.10 Å². The number of hydrogen-bond acceptors (Lipinski definition) is 3. The molecule has 1 aromatic carbocycles. The molecule has 0 saturated heterocycles. The van der Waals surface area contributed by atoms with Crippen molar-refractivity contribution in [1.29, 1.82) is 0 Å². The quantitative estimate of drug-likeness (QED) is 0.837. The molecule has 1 atom stereocenters. The first kappa shape index (κ1) is 15.1. The molecule has 0 fully saturated rings. The summed E-state index contributed by atoms with van der Waals surface area (Å²) in [6, 6.07) is 5.40. The summed E-state index contributed by atoms with van der Waals surface area (Å²) in [5, 5.41) is 0.613. The van der Waals surface area contributed by atoms with E-state index in [0.29, 0.717) is 11.6 Å². The van der Waals surface area contributed by atoms with E-state index in [0.717, 1.165) is 31.1 Å². The van der Waals surface area contributed by atoms with Gasteiger partial charge in [-0.3, -0.25) is 4.79 Å². The summed E-state index contributed by atoms with van der Waals surface area (Å²) in [5.41, 5.74) is 0.771. The molecule has 4 nitrogen and oxygen atoms in total. The number of carbonyl (C=O) groups is 1. The number of anilines is 1. The van der Waals surface area contributed by atoms with E-state index in [-0.39, 0.29) is 5.91 Å². The monoisotopic (exact) mass is 296 g/mol. The zero-order valence-corrected chi connectivity index (χ0v) is 13.0. The fourth-order valence-corrected chi connectivity index (χ4v) is 2.56. The van der Waals surface area contributed by atoms with Crippen LogP contribution in [0.4, 0.5) is 5.69 Å². The average Bonchev–Trinajstić information content (AvgIpc) is 2.44. The van der Waals surface area contributed by atoms with Crippen molar-refractivity contribution in [3.63, 3.8) is 0 Å². The van der Waals surface area contributed by atoms with Gasteiger partial charge >= 0.3 is 0 Å². The van der Waals surface area contributed by atoms with Crippen molar-refractivity contribution in [3.8, 4) is 5.75 Å². The minimum Gasteiger partial charge on any atom is -0.479 e. The molecule has 0 radical (unpaired) electrons. The van der Waals surface area contributed by atoms with Crippen molar-refractivity contribution in [3.05, 3.63) is 23.2 Å². The van der Waals surface area contributed by atoms with E-state index in [9.17, 15) is 4.79 Å². The van der Waals surface area contributed by atoms with Crippen molar-refractivity contribution in [2.24, 2.45) is 0 Å². The molecule has 5 heteroatoms. The average molecular weight is 297 g/mol. The van der Waals surface area contributed by atoms with Crippen LogP contribution in [0.1, 0.15) is 20.8 Å². The van der Waals surface area contributed by atoms with Crippen LogP contribution in [-0.2, 0) is 4.79 Å². The predicted octanol–water partition coefficient (Wildman–Crippen LogP) is 2.80. The lowest BCUT2D eigenvalue weighted by Crippen LogP contribution is -2.47. The maximum Gasteiger partial charge on any atom is 0.267 e. The Balaban J connectivity index is 2.22. The molecule has 1 aliphatic heterocycles. The first-order valence-corrected chi connectivity index (χ1v) is 7.44. The number of fused-ring (bicyclic) bond motifs is 1. The summed E-state index contributed by atoms with van der Waals surface area (Å²) in [6.45, 7) is 9.49. The Labute approximate surface area is 125 Å². The number of amides is 1. The lowest BCUT2D eigenvalue weighted by molar-refractivity contribution is -0.125. The molecule has 2 rings (SSSR count). The number of likely N-dealkylation sites (N-methyl/N-ethyl adjacent to an activating group) is 1. The van der Waals surface area contributed by atoms with E-state index in [1.165, 1.54) is 0 Å². The molecule has 1 heterocycles. The van der Waals surface area contributed by atoms with Gasteiger partial charge in [-0.2, -0.15) is 0 Å². The van der Waals surface area contributed by atoms with Gasteiger partial charge in [0.05, 0.1) is 5.69 Å². The lowest BCUT2D eigenvalue weighted by Gasteiger charge is -2.34. The Morgan fingerprint density at radius 2 is 2.05 bits per heavy atom. The van der Waals surface area contributed by atoms with Gasteiger partial charge in [0.2, 0.25) is 0 Å². The highest BCUT2D eigenvalue weighted by atomic mass is 35.5. The van der Waals surface area contributed by atoms with Gasteiger partial charge in [0.15, 0.2) is 6.10 Å². The number of benzene rings is 1. The molecule has 1 unspecified atom stereocenters. The summed E-state index contributed by atoms with van der Waals surface area (Å²) < 4.78 is 5.63. The first-order chi connectivity index (χ1) is 9.56. The van der Waals surface area contributed by atoms with E-state index in [4.69, 9.17) is 16.3 Å². The molecule has 20 heavy (non-hydrogen) atoms. The van der Waals surface area contributed by atoms with Gasteiger partial charge < -0.3 is 14.5 Å². The van der Waals surface area contributed by atoms with Crippen molar-refractivity contribution in [1.82, 2.24) is 4.90 Å². The lowest BCUT2D eigenvalue weighted by atomic mass is 10.2. The second kappa shape index (κ2) is 6.46. The van der Waals surface area contributed by atoms with Gasteiger partial charge in [0.1, 0.15) is 5.75 Å². The number of rotatable bonds is 5. The zero-order valence-electron chi connectivity index (χ0n) is 12.2. The number of carbonyl (C=O) groups excluding carboxylic acids is 1. The van der Waals surface area contributed by atoms with E-state index >= 15 is 0 Å². The smallest absolute Gasteiger partial charge is 0.267 e. The molecular formula is C15H21ClN2O2. The highest BCUT2D eigenvalue weighted by Crippen LogP contribution is 2.35. The Bertz CT molecular complexity index is 489. The summed E-state index contributed by atoms with van der Waals surface area (Å²) >= 11 is 6.04. The fraction of sp³-hybridized carbons (Fsp3) is 0.533. The zero-order chi connectivity index (χ0) is 14.7. The van der Waals surface area contributed by atoms with Gasteiger partial charge in [0.25, 0.3) is 5.91 Å². The Morgan fingerprint density at radius 1 is 1.35 bits per heavy atom. The van der Waals surface area contributed by atoms with Crippen LogP contribution in [0.15, 0.2) is 18.2 Å². The van der Waals surface area contributed by atoms with Gasteiger partial charge in [0, 0.05) is 18.1 Å². The molecule has 1 aromatic rings. The highest BCUT2D eigenvalue weighted by molar-refractivity contribution is 6.31. The predicted molar refractivity (Wildman–Crippen MR) is 81.7 cm³/mol. The summed E-state index contributed by atoms with van der Waals surface area (Å²) in [4.78, 5) is 16.4. The third-order valence-corrected chi connectivity index (χ3v) is 3.90. The molecule has 0 spiro atoms. The van der Waals surface area contributed by atoms with E-state index in [2.05, 4.69) is 18.7 Å². The van der Waals surface area contributed by atoms with Crippen LogP contribution in [0, 0.1) is 0 Å². The molecule has 0 saturated carbocycles. The van der Waals surface area contributed by atoms with Gasteiger partial charge in [-0.05, 0) is 38.2 Å². The summed E-state index contributed by atoms with van der Waals surface area (Å²) in [7, 11) is 0. The second-order valence-electron chi connectivity index (χ2n) is 4.89. The number of hydrogen-bond donors (Lipinski definition) is 0. The Kier molecular flexibility index (Phi) is 4.89. The van der Waals surface area contributed by atoms with Gasteiger partial charge in [-0.25, -0.2) is 0 Å². The second-order valence-corrected chi connectivity index (χ2v) is 5.33. The van der Waals surface area contributed by atoms with Gasteiger partial charge in [-0.15, -0.1) is 0 Å². The summed E-state index contributed by atoms with van der Waals surface area (Å²) in [6.07, 6.45) is -0.444. The van der Waals surface area contributed by atoms with Crippen LogP contribution in [0.5, 0.6) is 5.75 Å². The number of halogens is 1. The van der Waals surface area contributed by atoms with Crippen molar-refractivity contribution >= 4 is 23.2 Å². The van der Waals surface area contributed by atoms with Crippen molar-refractivity contribution in [2.75, 3.05) is 31.1 Å². The van der Waals surface area contributed by atoms with Crippen LogP contribution in [-0.4, -0.2) is 43.1 Å². The van der Waals surface area contributed by atoms with Crippen molar-refractivity contribution < 1.29 is 9.53 Å². The molecule has 0 aromatic heterocycles. The molecule has 0 bridgehead atoms. The van der Waals surface area contributed by atoms with Crippen LogP contribution in [0.2, 0.25) is 5.02 Å². The largest absolute Gasteiger partial charge is 0.479 e. The SMILES string of the molecule is CCN(CC)CCN1C(=O)C(C)Oc2ccc(Cl)cc21. The van der Waals surface area contributed by atoms with Crippen molar-refractivity contribution in [2.45, 2.75) is 26.9 Å². The highest BCUT2D eigenvalue weighted by Gasteiger charge is 2.31. The number of ether oxygens (including phenoxy) is 1. The van der Waals surface area contributed by atoms with Crippen LogP contribution >= 0.6 is 11.6 Å². The summed E-state index contributed by atoms with van der Waals surface area (Å²) in [5.74, 6) is 0.716. The van der Waals surface area contributed by atoms with E-state index in [1.807, 2.05) is 6.07 Å². The molecule has 110 valence electrons. The van der Waals surface area contributed by atoms with Crippen LogP contribution in [0.25, 0.3) is 0 Å². The maximum atomic E-state index is 12.3. The fourth-order valence-electron chi connectivity index (χ4n) is 2.39. The molecule has 0 aliphatic carbocycles. The molecule has 1 aliphatic rings. The number of nitrogens with zero attached hydrogens (tertiary/aromatic N) is 2. The first-order valence-electron chi connectivity index (χ1n) is 7.06. The van der Waals surface area contributed by atoms with Crippen LogP contribution < -0.4 is 9.64 Å². The van der Waals surface area contributed by atoms with Gasteiger partial charge in [-0.1, -0.05) is 25.4 Å². The minimum atomic E-state index is -0.444. The Hall–Kier alpha value is -1.26. The molecule has 0 N–H and O–H groups in total.